The number of carbonyl (C=O) groups is 2. The van der Waals surface area contributed by atoms with E-state index in [1.54, 1.807) is 30.6 Å². The van der Waals surface area contributed by atoms with Gasteiger partial charge in [-0.2, -0.15) is 0 Å². The summed E-state index contributed by atoms with van der Waals surface area (Å²) >= 11 is 6.73. The summed E-state index contributed by atoms with van der Waals surface area (Å²) in [6, 6.07) is 19.4. The van der Waals surface area contributed by atoms with E-state index < -0.39 is 0 Å². The first-order valence-electron chi connectivity index (χ1n) is 11.2. The highest BCUT2D eigenvalue weighted by Crippen LogP contribution is 2.31. The van der Waals surface area contributed by atoms with Crippen molar-refractivity contribution in [3.05, 3.63) is 101 Å². The molecule has 6 heteroatoms. The van der Waals surface area contributed by atoms with E-state index in [4.69, 9.17) is 11.6 Å². The summed E-state index contributed by atoms with van der Waals surface area (Å²) in [6.45, 7) is 1.42. The van der Waals surface area contributed by atoms with Gasteiger partial charge in [-0.15, -0.1) is 0 Å². The molecule has 0 aliphatic carbocycles. The molecule has 5 nitrogen and oxygen atoms in total. The molecule has 0 N–H and O–H groups in total. The lowest BCUT2D eigenvalue weighted by molar-refractivity contribution is 0.0690. The number of halogens is 1. The molecule has 33 heavy (non-hydrogen) atoms. The van der Waals surface area contributed by atoms with Gasteiger partial charge in [-0.3, -0.25) is 19.1 Å². The molecule has 0 spiro atoms. The predicted octanol–water partition coefficient (Wildman–Crippen LogP) is 5.47. The summed E-state index contributed by atoms with van der Waals surface area (Å²) in [4.78, 5) is 32.3. The Hall–Kier alpha value is -3.44. The third-order valence-corrected chi connectivity index (χ3v) is 6.80. The van der Waals surface area contributed by atoms with Crippen LogP contribution in [0.5, 0.6) is 0 Å². The summed E-state index contributed by atoms with van der Waals surface area (Å²) in [6.07, 6.45) is 7.81. The summed E-state index contributed by atoms with van der Waals surface area (Å²) in [5.74, 6) is 0.261. The van der Waals surface area contributed by atoms with Crippen LogP contribution in [0, 0.1) is 5.92 Å². The van der Waals surface area contributed by atoms with Crippen LogP contribution in [0.15, 0.2) is 79.3 Å². The Morgan fingerprint density at radius 2 is 1.73 bits per heavy atom. The number of amides is 1. The molecule has 0 radical (unpaired) electrons. The first-order valence-corrected chi connectivity index (χ1v) is 11.6. The number of piperidine rings is 1. The van der Waals surface area contributed by atoms with Crippen LogP contribution in [0.2, 0.25) is 5.02 Å². The third-order valence-electron chi connectivity index (χ3n) is 6.42. The van der Waals surface area contributed by atoms with Crippen LogP contribution < -0.4 is 0 Å². The van der Waals surface area contributed by atoms with E-state index in [9.17, 15) is 9.59 Å². The van der Waals surface area contributed by atoms with Crippen molar-refractivity contribution in [3.63, 3.8) is 0 Å². The first-order chi connectivity index (χ1) is 16.1. The van der Waals surface area contributed by atoms with Gasteiger partial charge in [0.25, 0.3) is 11.8 Å². The molecule has 1 aliphatic rings. The normalized spacial score (nSPS) is 14.5. The molecule has 2 aromatic heterocycles. The zero-order chi connectivity index (χ0) is 22.8. The monoisotopic (exact) mass is 457 g/mol. The molecule has 4 aromatic rings. The van der Waals surface area contributed by atoms with Crippen molar-refractivity contribution in [2.75, 3.05) is 13.1 Å². The Kier molecular flexibility index (Phi) is 5.97. The number of rotatable bonds is 4. The van der Waals surface area contributed by atoms with Crippen molar-refractivity contribution >= 4 is 34.3 Å². The van der Waals surface area contributed by atoms with Crippen molar-refractivity contribution in [1.29, 1.82) is 0 Å². The second-order valence-corrected chi connectivity index (χ2v) is 8.90. The van der Waals surface area contributed by atoms with Gasteiger partial charge >= 0.3 is 0 Å². The number of carbonyl (C=O) groups excluding carboxylic acids is 2. The highest BCUT2D eigenvalue weighted by Gasteiger charge is 2.26. The van der Waals surface area contributed by atoms with E-state index in [0.29, 0.717) is 40.7 Å². The topological polar surface area (TPSA) is 55.2 Å². The van der Waals surface area contributed by atoms with Gasteiger partial charge in [-0.1, -0.05) is 48.0 Å². The fourth-order valence-corrected chi connectivity index (χ4v) is 4.95. The van der Waals surface area contributed by atoms with Gasteiger partial charge in [0.1, 0.15) is 0 Å². The van der Waals surface area contributed by atoms with Crippen LogP contribution in [-0.2, 0) is 6.42 Å². The summed E-state index contributed by atoms with van der Waals surface area (Å²) in [5.41, 5.74) is 2.79. The maximum atomic E-state index is 13.3. The molecule has 0 unspecified atom stereocenters. The number of likely N-dealkylation sites (tertiary alicyclic amines) is 1. The maximum absolute atomic E-state index is 13.3. The Morgan fingerprint density at radius 3 is 2.45 bits per heavy atom. The Bertz CT molecular complexity index is 1290. The average molecular weight is 458 g/mol. The van der Waals surface area contributed by atoms with Crippen LogP contribution in [0.25, 0.3) is 10.9 Å². The van der Waals surface area contributed by atoms with Gasteiger partial charge in [0.15, 0.2) is 0 Å². The minimum Gasteiger partial charge on any atom is -0.339 e. The third kappa shape index (κ3) is 4.29. The smallest absolute Gasteiger partial charge is 0.263 e. The average Bonchev–Trinajstić information content (AvgIpc) is 3.30. The van der Waals surface area contributed by atoms with E-state index >= 15 is 0 Å². The fraction of sp³-hybridized carbons (Fsp3) is 0.222. The van der Waals surface area contributed by atoms with E-state index in [2.05, 4.69) is 29.2 Å². The number of nitrogens with zero attached hydrogens (tertiary/aromatic N) is 3. The number of hydrogen-bond donors (Lipinski definition) is 0. The summed E-state index contributed by atoms with van der Waals surface area (Å²) in [7, 11) is 0. The van der Waals surface area contributed by atoms with Gasteiger partial charge in [0.05, 0.1) is 21.7 Å². The highest BCUT2D eigenvalue weighted by molar-refractivity contribution is 6.38. The van der Waals surface area contributed by atoms with Crippen molar-refractivity contribution in [1.82, 2.24) is 14.5 Å². The standard InChI is InChI=1S/C27H24ClN3O2/c28-24-23(27(33)30-14-10-20(11-15-30)17-19-5-2-1-3-6-19)9-8-21-12-16-31(25(21)24)26(32)22-7-4-13-29-18-22/h1-9,12-13,16,18,20H,10-11,14-15,17H2. The van der Waals surface area contributed by atoms with Gasteiger partial charge in [0.2, 0.25) is 0 Å². The molecule has 0 bridgehead atoms. The fourth-order valence-electron chi connectivity index (χ4n) is 4.61. The second-order valence-electron chi connectivity index (χ2n) is 8.52. The SMILES string of the molecule is O=C(c1ccc2ccn(C(=O)c3cccnc3)c2c1Cl)N1CCC(Cc2ccccc2)CC1. The zero-order valence-corrected chi connectivity index (χ0v) is 18.9. The number of aromatic nitrogens is 2. The van der Waals surface area contributed by atoms with Crippen molar-refractivity contribution in [3.8, 4) is 0 Å². The first kappa shape index (κ1) is 21.4. The minimum absolute atomic E-state index is 0.0818. The second kappa shape index (κ2) is 9.20. The summed E-state index contributed by atoms with van der Waals surface area (Å²) < 4.78 is 1.50. The molecule has 0 atom stereocenters. The van der Waals surface area contributed by atoms with E-state index in [0.717, 1.165) is 24.6 Å². The van der Waals surface area contributed by atoms with Gasteiger partial charge in [0, 0.05) is 37.1 Å². The molecule has 5 rings (SSSR count). The van der Waals surface area contributed by atoms with Crippen LogP contribution in [0.1, 0.15) is 39.1 Å². The molecule has 3 heterocycles. The van der Waals surface area contributed by atoms with Crippen LogP contribution in [0.3, 0.4) is 0 Å². The Balaban J connectivity index is 1.35. The van der Waals surface area contributed by atoms with Gasteiger partial charge in [-0.05, 0) is 55.0 Å². The molecular weight excluding hydrogens is 434 g/mol. The van der Waals surface area contributed by atoms with Gasteiger partial charge < -0.3 is 4.90 Å². The number of benzene rings is 2. The number of hydrogen-bond acceptors (Lipinski definition) is 3. The highest BCUT2D eigenvalue weighted by atomic mass is 35.5. The van der Waals surface area contributed by atoms with Crippen LogP contribution in [-0.4, -0.2) is 39.4 Å². The molecule has 1 amide bonds. The molecular formula is C27H24ClN3O2. The molecule has 0 saturated carbocycles. The Morgan fingerprint density at radius 1 is 0.939 bits per heavy atom. The van der Waals surface area contributed by atoms with E-state index in [1.165, 1.54) is 16.3 Å². The van der Waals surface area contributed by atoms with E-state index in [-0.39, 0.29) is 11.8 Å². The largest absolute Gasteiger partial charge is 0.339 e. The lowest BCUT2D eigenvalue weighted by Crippen LogP contribution is -2.39. The molecule has 2 aromatic carbocycles. The lowest BCUT2D eigenvalue weighted by Gasteiger charge is -2.32. The quantitative estimate of drug-likeness (QED) is 0.408. The van der Waals surface area contributed by atoms with Crippen molar-refractivity contribution in [2.45, 2.75) is 19.3 Å². The lowest BCUT2D eigenvalue weighted by atomic mass is 9.90. The zero-order valence-electron chi connectivity index (χ0n) is 18.2. The van der Waals surface area contributed by atoms with E-state index in [1.807, 2.05) is 23.1 Å². The number of fused-ring (bicyclic) bond motifs is 1. The van der Waals surface area contributed by atoms with Crippen molar-refractivity contribution in [2.24, 2.45) is 5.92 Å². The van der Waals surface area contributed by atoms with Gasteiger partial charge in [-0.25, -0.2) is 0 Å². The minimum atomic E-state index is -0.230. The molecule has 1 aliphatic heterocycles. The van der Waals surface area contributed by atoms with Crippen LogP contribution in [0.4, 0.5) is 0 Å². The predicted molar refractivity (Wildman–Crippen MR) is 130 cm³/mol. The molecule has 166 valence electrons. The summed E-state index contributed by atoms with van der Waals surface area (Å²) in [5, 5.41) is 1.13. The maximum Gasteiger partial charge on any atom is 0.263 e. The van der Waals surface area contributed by atoms with Crippen LogP contribution >= 0.6 is 11.6 Å². The molecule has 1 fully saturated rings. The number of pyridine rings is 1. The Labute approximate surface area is 197 Å². The van der Waals surface area contributed by atoms with Crippen molar-refractivity contribution < 1.29 is 9.59 Å². The molecule has 1 saturated heterocycles.